The molecular formula is C14H22N2O3. The van der Waals surface area contributed by atoms with Gasteiger partial charge in [0.2, 0.25) is 0 Å². The van der Waals surface area contributed by atoms with Gasteiger partial charge in [0.05, 0.1) is 0 Å². The first kappa shape index (κ1) is 14.1. The van der Waals surface area contributed by atoms with Crippen LogP contribution in [0.2, 0.25) is 0 Å². The second-order valence-corrected chi connectivity index (χ2v) is 6.44. The van der Waals surface area contributed by atoms with Crippen molar-refractivity contribution in [3.8, 4) is 0 Å². The van der Waals surface area contributed by atoms with Gasteiger partial charge in [-0.3, -0.25) is 9.78 Å². The number of hydrogen-bond donors (Lipinski definition) is 2. The lowest BCUT2D eigenvalue weighted by Gasteiger charge is -2.41. The molecule has 1 fully saturated rings. The Kier molecular flexibility index (Phi) is 3.43. The summed E-state index contributed by atoms with van der Waals surface area (Å²) in [6, 6.07) is 1.37. The van der Waals surface area contributed by atoms with Gasteiger partial charge in [0.15, 0.2) is 0 Å². The Labute approximate surface area is 112 Å². The zero-order valence-corrected chi connectivity index (χ0v) is 11.8. The highest BCUT2D eigenvalue weighted by atomic mass is 16.3. The van der Waals surface area contributed by atoms with Crippen molar-refractivity contribution < 1.29 is 5.11 Å². The zero-order valence-electron chi connectivity index (χ0n) is 11.8. The van der Waals surface area contributed by atoms with Crippen molar-refractivity contribution in [1.82, 2.24) is 9.55 Å². The van der Waals surface area contributed by atoms with Crippen LogP contribution in [-0.4, -0.2) is 21.3 Å². The van der Waals surface area contributed by atoms with Gasteiger partial charge in [0.25, 0.3) is 5.56 Å². The van der Waals surface area contributed by atoms with Crippen LogP contribution < -0.4 is 11.2 Å². The first-order valence-corrected chi connectivity index (χ1v) is 6.71. The first-order valence-electron chi connectivity index (χ1n) is 6.71. The van der Waals surface area contributed by atoms with Crippen molar-refractivity contribution in [3.63, 3.8) is 0 Å². The summed E-state index contributed by atoms with van der Waals surface area (Å²) in [6.07, 6.45) is 3.49. The van der Waals surface area contributed by atoms with E-state index >= 15 is 0 Å². The number of H-pyrrole nitrogens is 1. The maximum Gasteiger partial charge on any atom is 0.328 e. The molecule has 0 saturated heterocycles. The van der Waals surface area contributed by atoms with Crippen LogP contribution in [0.15, 0.2) is 21.9 Å². The van der Waals surface area contributed by atoms with Gasteiger partial charge in [0, 0.05) is 25.4 Å². The summed E-state index contributed by atoms with van der Waals surface area (Å²) >= 11 is 0. The summed E-state index contributed by atoms with van der Waals surface area (Å²) in [7, 11) is 0. The lowest BCUT2D eigenvalue weighted by Crippen LogP contribution is -2.42. The molecule has 0 radical (unpaired) electrons. The summed E-state index contributed by atoms with van der Waals surface area (Å²) in [6.45, 7) is 7.20. The number of nitrogens with zero attached hydrogens (tertiary/aromatic N) is 1. The monoisotopic (exact) mass is 266 g/mol. The standard InChI is InChI=1S/C14H22N2O3/c1-13(2)10(8-17)4-6-14(13,3)9-16-7-5-11(18)15-12(16)19/h5,7,10,17H,4,6,8-9H2,1-3H3,(H,15,18,19)/t10-,14+/m1/s1. The van der Waals surface area contributed by atoms with Gasteiger partial charge in [-0.25, -0.2) is 4.79 Å². The molecule has 0 aliphatic heterocycles. The molecule has 5 nitrogen and oxygen atoms in total. The van der Waals surface area contributed by atoms with Crippen molar-refractivity contribution in [2.45, 2.75) is 40.2 Å². The molecule has 106 valence electrons. The fraction of sp³-hybridized carbons (Fsp3) is 0.714. The van der Waals surface area contributed by atoms with E-state index in [1.54, 1.807) is 10.8 Å². The Balaban J connectivity index is 2.32. The second kappa shape index (κ2) is 4.63. The zero-order chi connectivity index (χ0) is 14.3. The molecule has 2 atom stereocenters. The van der Waals surface area contributed by atoms with Crippen LogP contribution in [0.5, 0.6) is 0 Å². The summed E-state index contributed by atoms with van der Waals surface area (Å²) in [4.78, 5) is 25.2. The Morgan fingerprint density at radius 1 is 1.42 bits per heavy atom. The highest BCUT2D eigenvalue weighted by Gasteiger charge is 2.51. The highest BCUT2D eigenvalue weighted by Crippen LogP contribution is 2.56. The average Bonchev–Trinajstić information content (AvgIpc) is 2.54. The normalized spacial score (nSPS) is 29.6. The van der Waals surface area contributed by atoms with Gasteiger partial charge in [-0.2, -0.15) is 0 Å². The van der Waals surface area contributed by atoms with Crippen molar-refractivity contribution in [1.29, 1.82) is 0 Å². The molecule has 0 aromatic carbocycles. The number of aliphatic hydroxyl groups is 1. The second-order valence-electron chi connectivity index (χ2n) is 6.44. The highest BCUT2D eigenvalue weighted by molar-refractivity contribution is 5.00. The third-order valence-corrected chi connectivity index (χ3v) is 5.26. The largest absolute Gasteiger partial charge is 0.396 e. The Morgan fingerprint density at radius 2 is 2.11 bits per heavy atom. The van der Waals surface area contributed by atoms with E-state index in [4.69, 9.17) is 0 Å². The summed E-state index contributed by atoms with van der Waals surface area (Å²) in [5, 5.41) is 9.47. The van der Waals surface area contributed by atoms with Gasteiger partial charge < -0.3 is 9.67 Å². The minimum absolute atomic E-state index is 0.0443. The molecule has 1 aromatic heterocycles. The van der Waals surface area contributed by atoms with Crippen LogP contribution in [0.1, 0.15) is 33.6 Å². The minimum atomic E-state index is -0.370. The number of hydrogen-bond acceptors (Lipinski definition) is 3. The molecule has 19 heavy (non-hydrogen) atoms. The summed E-state index contributed by atoms with van der Waals surface area (Å²) in [5.41, 5.74) is -0.845. The van der Waals surface area contributed by atoms with Crippen molar-refractivity contribution >= 4 is 0 Å². The van der Waals surface area contributed by atoms with Crippen LogP contribution in [0.25, 0.3) is 0 Å². The van der Waals surface area contributed by atoms with Gasteiger partial charge in [-0.1, -0.05) is 20.8 Å². The molecule has 1 aliphatic rings. The Morgan fingerprint density at radius 3 is 2.63 bits per heavy atom. The Bertz CT molecular complexity index is 573. The maximum atomic E-state index is 11.8. The van der Waals surface area contributed by atoms with Crippen molar-refractivity contribution in [2.75, 3.05) is 6.61 Å². The van der Waals surface area contributed by atoms with Gasteiger partial charge in [0.1, 0.15) is 0 Å². The van der Waals surface area contributed by atoms with E-state index in [1.165, 1.54) is 6.07 Å². The van der Waals surface area contributed by atoms with E-state index < -0.39 is 0 Å². The average molecular weight is 266 g/mol. The predicted molar refractivity (Wildman–Crippen MR) is 73.0 cm³/mol. The van der Waals surface area contributed by atoms with Crippen LogP contribution in [0, 0.1) is 16.7 Å². The molecule has 1 heterocycles. The molecule has 2 N–H and O–H groups in total. The number of aromatic amines is 1. The summed E-state index contributed by atoms with van der Waals surface area (Å²) < 4.78 is 1.56. The van der Waals surface area contributed by atoms with E-state index in [0.29, 0.717) is 6.54 Å². The van der Waals surface area contributed by atoms with Gasteiger partial charge >= 0.3 is 5.69 Å². The predicted octanol–water partition coefficient (Wildman–Crippen LogP) is 0.971. The molecule has 0 unspecified atom stereocenters. The lowest BCUT2D eigenvalue weighted by atomic mass is 9.66. The minimum Gasteiger partial charge on any atom is -0.396 e. The van der Waals surface area contributed by atoms with Gasteiger partial charge in [-0.05, 0) is 29.6 Å². The molecule has 1 aromatic rings. The van der Waals surface area contributed by atoms with Crippen molar-refractivity contribution in [3.05, 3.63) is 33.1 Å². The first-order chi connectivity index (χ1) is 8.80. The smallest absolute Gasteiger partial charge is 0.328 e. The van der Waals surface area contributed by atoms with Crippen LogP contribution >= 0.6 is 0 Å². The van der Waals surface area contributed by atoms with E-state index in [-0.39, 0.29) is 34.6 Å². The molecule has 0 amide bonds. The molecule has 1 aliphatic carbocycles. The van der Waals surface area contributed by atoms with Crippen LogP contribution in [0.4, 0.5) is 0 Å². The van der Waals surface area contributed by atoms with Crippen LogP contribution in [-0.2, 0) is 6.54 Å². The molecule has 2 rings (SSSR count). The number of rotatable bonds is 3. The SMILES string of the molecule is CC1(C)[C@@H](CO)CC[C@@]1(C)Cn1ccc(=O)[nH]c1=O. The molecule has 0 bridgehead atoms. The lowest BCUT2D eigenvalue weighted by molar-refractivity contribution is 0.0417. The van der Waals surface area contributed by atoms with Crippen LogP contribution in [0.3, 0.4) is 0 Å². The van der Waals surface area contributed by atoms with E-state index in [1.807, 2.05) is 0 Å². The number of aromatic nitrogens is 2. The molecule has 0 spiro atoms. The van der Waals surface area contributed by atoms with Gasteiger partial charge in [-0.15, -0.1) is 0 Å². The number of aliphatic hydroxyl groups excluding tert-OH is 1. The quantitative estimate of drug-likeness (QED) is 0.856. The fourth-order valence-electron chi connectivity index (χ4n) is 3.22. The summed E-state index contributed by atoms with van der Waals surface area (Å²) in [5.74, 6) is 0.260. The molecule has 5 heteroatoms. The topological polar surface area (TPSA) is 75.1 Å². The third-order valence-electron chi connectivity index (χ3n) is 5.26. The van der Waals surface area contributed by atoms with E-state index in [9.17, 15) is 14.7 Å². The number of nitrogens with one attached hydrogen (secondary N) is 1. The molecule has 1 saturated carbocycles. The maximum absolute atomic E-state index is 11.8. The van der Waals surface area contributed by atoms with Crippen molar-refractivity contribution in [2.24, 2.45) is 16.7 Å². The third kappa shape index (κ3) is 2.27. The Hall–Kier alpha value is -1.36. The molecular weight excluding hydrogens is 244 g/mol. The van der Waals surface area contributed by atoms with E-state index in [0.717, 1.165) is 12.8 Å². The fourth-order valence-corrected chi connectivity index (χ4v) is 3.22. The van der Waals surface area contributed by atoms with E-state index in [2.05, 4.69) is 25.8 Å².